The third-order valence-electron chi connectivity index (χ3n) is 4.18. The highest BCUT2D eigenvalue weighted by molar-refractivity contribution is 5.49. The smallest absolute Gasteiger partial charge is 0.161 e. The zero-order valence-electron chi connectivity index (χ0n) is 16.1. The van der Waals surface area contributed by atoms with Gasteiger partial charge in [-0.3, -0.25) is 0 Å². The molecule has 0 atom stereocenters. The number of rotatable bonds is 6. The summed E-state index contributed by atoms with van der Waals surface area (Å²) in [6, 6.07) is 21.5. The van der Waals surface area contributed by atoms with Crippen LogP contribution in [0.3, 0.4) is 0 Å². The van der Waals surface area contributed by atoms with Crippen LogP contribution >= 0.6 is 0 Å². The normalized spacial score (nSPS) is 10.5. The monoisotopic (exact) mass is 418 g/mol. The molecule has 0 aliphatic heterocycles. The number of hydrogen-bond acceptors (Lipinski definition) is 7. The molecule has 0 radical (unpaired) electrons. The fraction of sp³-hybridized carbons (Fsp3) is 0. The molecule has 4 rings (SSSR count). The van der Waals surface area contributed by atoms with Gasteiger partial charge in [0.05, 0.1) is 0 Å². The van der Waals surface area contributed by atoms with E-state index in [-0.39, 0.29) is 23.0 Å². The van der Waals surface area contributed by atoms with Crippen molar-refractivity contribution in [1.82, 2.24) is 0 Å². The van der Waals surface area contributed by atoms with Gasteiger partial charge in [-0.15, -0.1) is 0 Å². The molecule has 0 heterocycles. The van der Waals surface area contributed by atoms with Crippen LogP contribution in [-0.4, -0.2) is 20.4 Å². The summed E-state index contributed by atoms with van der Waals surface area (Å²) in [4.78, 5) is 0. The van der Waals surface area contributed by atoms with E-state index >= 15 is 0 Å². The molecule has 31 heavy (non-hydrogen) atoms. The van der Waals surface area contributed by atoms with E-state index in [4.69, 9.17) is 14.2 Å². The molecule has 0 saturated carbocycles. The molecule has 0 fully saturated rings. The molecule has 156 valence electrons. The van der Waals surface area contributed by atoms with Crippen LogP contribution in [0.4, 0.5) is 0 Å². The van der Waals surface area contributed by atoms with Gasteiger partial charge in [0.2, 0.25) is 0 Å². The number of phenols is 4. The van der Waals surface area contributed by atoms with Crippen molar-refractivity contribution in [2.75, 3.05) is 0 Å². The van der Waals surface area contributed by atoms with E-state index in [9.17, 15) is 20.4 Å². The van der Waals surface area contributed by atoms with E-state index < -0.39 is 0 Å². The first-order valence-corrected chi connectivity index (χ1v) is 9.23. The third kappa shape index (κ3) is 5.10. The Morgan fingerprint density at radius 3 is 1.16 bits per heavy atom. The zero-order valence-corrected chi connectivity index (χ0v) is 16.1. The van der Waals surface area contributed by atoms with Gasteiger partial charge < -0.3 is 34.6 Å². The lowest BCUT2D eigenvalue weighted by Gasteiger charge is -2.13. The number of phenolic OH excluding ortho intramolecular Hbond substituents is 4. The summed E-state index contributed by atoms with van der Waals surface area (Å²) in [5.74, 6) is 2.12. The summed E-state index contributed by atoms with van der Waals surface area (Å²) in [6.45, 7) is 0. The van der Waals surface area contributed by atoms with Crippen LogP contribution in [0, 0.1) is 0 Å². The second-order valence-electron chi connectivity index (χ2n) is 6.58. The molecule has 0 aliphatic rings. The fourth-order valence-electron chi connectivity index (χ4n) is 2.73. The Labute approximate surface area is 177 Å². The highest BCUT2D eigenvalue weighted by Crippen LogP contribution is 2.37. The lowest BCUT2D eigenvalue weighted by atomic mass is 10.2. The molecule has 0 aromatic heterocycles. The summed E-state index contributed by atoms with van der Waals surface area (Å²) in [6.07, 6.45) is 0. The van der Waals surface area contributed by atoms with Crippen molar-refractivity contribution in [2.45, 2.75) is 0 Å². The highest BCUT2D eigenvalue weighted by atomic mass is 16.5. The van der Waals surface area contributed by atoms with Crippen molar-refractivity contribution < 1.29 is 34.6 Å². The van der Waals surface area contributed by atoms with Gasteiger partial charge in [0.1, 0.15) is 46.0 Å². The molecule has 4 aromatic carbocycles. The quantitative estimate of drug-likeness (QED) is 0.289. The number of ether oxygens (including phenoxy) is 3. The number of hydrogen-bond donors (Lipinski definition) is 4. The molecule has 0 aliphatic carbocycles. The van der Waals surface area contributed by atoms with Gasteiger partial charge in [-0.25, -0.2) is 0 Å². The predicted molar refractivity (Wildman–Crippen MR) is 113 cm³/mol. The molecule has 0 saturated heterocycles. The molecule has 7 nitrogen and oxygen atoms in total. The van der Waals surface area contributed by atoms with Gasteiger partial charge in [0.25, 0.3) is 0 Å². The number of benzene rings is 4. The standard InChI is InChI=1S/C24H18O7/c25-15-1-5-17(6-2-15)29-20-11-21(30-18-7-3-16(26)4-8-18)13-22(12-20)31-19-9-10-23(27)24(28)14-19/h1-14,25-28H. The van der Waals surface area contributed by atoms with Crippen LogP contribution in [0.2, 0.25) is 0 Å². The Kier molecular flexibility index (Phi) is 5.40. The Morgan fingerprint density at radius 1 is 0.355 bits per heavy atom. The van der Waals surface area contributed by atoms with Crippen molar-refractivity contribution in [3.63, 3.8) is 0 Å². The number of aromatic hydroxyl groups is 4. The molecular weight excluding hydrogens is 400 g/mol. The third-order valence-corrected chi connectivity index (χ3v) is 4.18. The highest BCUT2D eigenvalue weighted by Gasteiger charge is 2.10. The average molecular weight is 418 g/mol. The van der Waals surface area contributed by atoms with E-state index in [1.54, 1.807) is 42.5 Å². The molecule has 4 N–H and O–H groups in total. The molecule has 0 amide bonds. The SMILES string of the molecule is Oc1ccc(Oc2cc(Oc3ccc(O)cc3)cc(Oc3ccc(O)c(O)c3)c2)cc1. The van der Waals surface area contributed by atoms with Gasteiger partial charge in [-0.1, -0.05) is 0 Å². The minimum absolute atomic E-state index is 0.118. The van der Waals surface area contributed by atoms with Gasteiger partial charge >= 0.3 is 0 Å². The fourth-order valence-corrected chi connectivity index (χ4v) is 2.73. The minimum Gasteiger partial charge on any atom is -0.508 e. The van der Waals surface area contributed by atoms with Crippen LogP contribution in [0.15, 0.2) is 84.9 Å². The van der Waals surface area contributed by atoms with E-state index in [0.29, 0.717) is 34.5 Å². The molecule has 0 unspecified atom stereocenters. The van der Waals surface area contributed by atoms with Crippen LogP contribution in [0.25, 0.3) is 0 Å². The summed E-state index contributed by atoms with van der Waals surface area (Å²) in [7, 11) is 0. The van der Waals surface area contributed by atoms with Gasteiger partial charge in [0, 0.05) is 24.3 Å². The zero-order chi connectivity index (χ0) is 21.8. The van der Waals surface area contributed by atoms with E-state index in [2.05, 4.69) is 0 Å². The predicted octanol–water partition coefficient (Wildman–Crippen LogP) is 5.89. The first-order chi connectivity index (χ1) is 14.9. The van der Waals surface area contributed by atoms with Crippen LogP contribution in [-0.2, 0) is 0 Å². The summed E-state index contributed by atoms with van der Waals surface area (Å²) in [5.41, 5.74) is 0. The van der Waals surface area contributed by atoms with Crippen LogP contribution in [0.5, 0.6) is 57.5 Å². The molecule has 7 heteroatoms. The molecule has 0 bridgehead atoms. The average Bonchev–Trinajstić information content (AvgIpc) is 2.74. The van der Waals surface area contributed by atoms with Crippen molar-refractivity contribution in [2.24, 2.45) is 0 Å². The maximum absolute atomic E-state index is 9.70. The Morgan fingerprint density at radius 2 is 0.742 bits per heavy atom. The minimum atomic E-state index is -0.311. The maximum atomic E-state index is 9.70. The van der Waals surface area contributed by atoms with Gasteiger partial charge in [-0.2, -0.15) is 0 Å². The largest absolute Gasteiger partial charge is 0.508 e. The van der Waals surface area contributed by atoms with Gasteiger partial charge in [-0.05, 0) is 60.7 Å². The summed E-state index contributed by atoms with van der Waals surface area (Å²) < 4.78 is 17.5. The van der Waals surface area contributed by atoms with E-state index in [0.717, 1.165) is 0 Å². The van der Waals surface area contributed by atoms with Crippen LogP contribution in [0.1, 0.15) is 0 Å². The molecule has 0 spiro atoms. The van der Waals surface area contributed by atoms with Crippen molar-refractivity contribution in [1.29, 1.82) is 0 Å². The van der Waals surface area contributed by atoms with E-state index in [1.807, 2.05) is 0 Å². The van der Waals surface area contributed by atoms with Crippen molar-refractivity contribution in [3.05, 3.63) is 84.9 Å². The second-order valence-corrected chi connectivity index (χ2v) is 6.58. The maximum Gasteiger partial charge on any atom is 0.161 e. The first-order valence-electron chi connectivity index (χ1n) is 9.23. The molecular formula is C24H18O7. The summed E-state index contributed by atoms with van der Waals surface area (Å²) in [5, 5.41) is 38.1. The summed E-state index contributed by atoms with van der Waals surface area (Å²) >= 11 is 0. The second kappa shape index (κ2) is 8.46. The topological polar surface area (TPSA) is 109 Å². The lowest BCUT2D eigenvalue weighted by molar-refractivity contribution is 0.397. The first kappa shape index (κ1) is 19.8. The van der Waals surface area contributed by atoms with Crippen molar-refractivity contribution in [3.8, 4) is 57.5 Å². The Balaban J connectivity index is 1.65. The van der Waals surface area contributed by atoms with E-state index in [1.165, 1.54) is 42.5 Å². The Bertz CT molecular complexity index is 1120. The van der Waals surface area contributed by atoms with Crippen LogP contribution < -0.4 is 14.2 Å². The Hall–Kier alpha value is -4.52. The van der Waals surface area contributed by atoms with Gasteiger partial charge in [0.15, 0.2) is 11.5 Å². The lowest BCUT2D eigenvalue weighted by Crippen LogP contribution is -1.91. The van der Waals surface area contributed by atoms with Crippen molar-refractivity contribution >= 4 is 0 Å². The molecule has 4 aromatic rings.